The third-order valence-corrected chi connectivity index (χ3v) is 4.87. The topological polar surface area (TPSA) is 12.5 Å². The summed E-state index contributed by atoms with van der Waals surface area (Å²) in [5.74, 6) is 0.742. The van der Waals surface area contributed by atoms with Gasteiger partial charge in [0, 0.05) is 13.2 Å². The number of allylic oxidation sites excluding steroid dienone is 3. The molecule has 1 unspecified atom stereocenters. The molecule has 0 saturated carbocycles. The SMILES string of the molecule is CCOC(C)C1=CC=C(C2CCN(CCCF)CC2)CC1. The molecule has 0 aromatic rings. The number of ether oxygens (including phenoxy) is 1. The summed E-state index contributed by atoms with van der Waals surface area (Å²) in [5.41, 5.74) is 3.05. The molecule has 1 atom stereocenters. The van der Waals surface area contributed by atoms with E-state index < -0.39 is 0 Å². The minimum atomic E-state index is -0.184. The molecule has 1 saturated heterocycles. The van der Waals surface area contributed by atoms with Gasteiger partial charge < -0.3 is 9.64 Å². The first-order chi connectivity index (χ1) is 10.2. The van der Waals surface area contributed by atoms with Crippen LogP contribution in [0.15, 0.2) is 23.3 Å². The Balaban J connectivity index is 1.82. The number of alkyl halides is 1. The van der Waals surface area contributed by atoms with Crippen LogP contribution in [-0.4, -0.2) is 43.9 Å². The third kappa shape index (κ3) is 4.93. The Labute approximate surface area is 129 Å². The lowest BCUT2D eigenvalue weighted by atomic mass is 9.82. The number of halogens is 1. The van der Waals surface area contributed by atoms with Crippen molar-refractivity contribution in [2.45, 2.75) is 52.1 Å². The number of nitrogens with zero attached hydrogens (tertiary/aromatic N) is 1. The van der Waals surface area contributed by atoms with Crippen molar-refractivity contribution in [3.63, 3.8) is 0 Å². The van der Waals surface area contributed by atoms with Crippen molar-refractivity contribution in [2.24, 2.45) is 5.92 Å². The van der Waals surface area contributed by atoms with Crippen LogP contribution in [0.4, 0.5) is 4.39 Å². The highest BCUT2D eigenvalue weighted by Gasteiger charge is 2.23. The highest BCUT2D eigenvalue weighted by molar-refractivity contribution is 5.27. The zero-order valence-corrected chi connectivity index (χ0v) is 13.6. The first-order valence-electron chi connectivity index (χ1n) is 8.54. The number of piperidine rings is 1. The van der Waals surface area contributed by atoms with Crippen LogP contribution in [0.25, 0.3) is 0 Å². The highest BCUT2D eigenvalue weighted by atomic mass is 19.1. The van der Waals surface area contributed by atoms with Crippen LogP contribution in [0.5, 0.6) is 0 Å². The van der Waals surface area contributed by atoms with E-state index in [1.54, 1.807) is 5.57 Å². The molecule has 2 rings (SSSR count). The van der Waals surface area contributed by atoms with E-state index in [-0.39, 0.29) is 12.8 Å². The molecule has 0 aromatic heterocycles. The van der Waals surface area contributed by atoms with Crippen molar-refractivity contribution in [1.29, 1.82) is 0 Å². The number of rotatable bonds is 7. The second-order valence-electron chi connectivity index (χ2n) is 6.24. The fourth-order valence-corrected chi connectivity index (χ4v) is 3.52. The predicted octanol–water partition coefficient (Wildman–Crippen LogP) is 4.13. The summed E-state index contributed by atoms with van der Waals surface area (Å²) in [4.78, 5) is 2.41. The first-order valence-corrected chi connectivity index (χ1v) is 8.54. The van der Waals surface area contributed by atoms with Crippen LogP contribution >= 0.6 is 0 Å². The second kappa shape index (κ2) is 8.70. The Morgan fingerprint density at radius 2 is 2.05 bits per heavy atom. The van der Waals surface area contributed by atoms with E-state index in [4.69, 9.17) is 4.74 Å². The van der Waals surface area contributed by atoms with E-state index in [1.807, 2.05) is 0 Å². The Kier molecular flexibility index (Phi) is 6.91. The van der Waals surface area contributed by atoms with Crippen molar-refractivity contribution in [1.82, 2.24) is 4.90 Å². The lowest BCUT2D eigenvalue weighted by Gasteiger charge is -2.34. The minimum Gasteiger partial charge on any atom is -0.374 e. The normalized spacial score (nSPS) is 22.8. The van der Waals surface area contributed by atoms with Gasteiger partial charge in [-0.25, -0.2) is 0 Å². The fraction of sp³-hybridized carbons (Fsp3) is 0.778. The number of hydrogen-bond acceptors (Lipinski definition) is 2. The number of hydrogen-bond donors (Lipinski definition) is 0. The Morgan fingerprint density at radius 1 is 1.29 bits per heavy atom. The lowest BCUT2D eigenvalue weighted by molar-refractivity contribution is 0.0985. The molecule has 2 nitrogen and oxygen atoms in total. The molecule has 1 heterocycles. The van der Waals surface area contributed by atoms with Crippen LogP contribution in [0.1, 0.15) is 46.0 Å². The van der Waals surface area contributed by atoms with E-state index in [2.05, 4.69) is 30.9 Å². The van der Waals surface area contributed by atoms with Crippen LogP contribution < -0.4 is 0 Å². The molecule has 2 aliphatic rings. The Bertz CT molecular complexity index is 369. The lowest BCUT2D eigenvalue weighted by Crippen LogP contribution is -2.35. The quantitative estimate of drug-likeness (QED) is 0.700. The first kappa shape index (κ1) is 16.7. The van der Waals surface area contributed by atoms with Crippen molar-refractivity contribution >= 4 is 0 Å². The molecule has 1 aliphatic heterocycles. The molecule has 21 heavy (non-hydrogen) atoms. The fourth-order valence-electron chi connectivity index (χ4n) is 3.52. The smallest absolute Gasteiger partial charge is 0.0906 e. The Morgan fingerprint density at radius 3 is 2.62 bits per heavy atom. The summed E-state index contributed by atoms with van der Waals surface area (Å²) in [7, 11) is 0. The van der Waals surface area contributed by atoms with Gasteiger partial charge >= 0.3 is 0 Å². The van der Waals surface area contributed by atoms with Gasteiger partial charge in [0.1, 0.15) is 0 Å². The molecule has 1 fully saturated rings. The minimum absolute atomic E-state index is 0.184. The average Bonchev–Trinajstić information content (AvgIpc) is 2.54. The zero-order valence-electron chi connectivity index (χ0n) is 13.6. The van der Waals surface area contributed by atoms with Crippen LogP contribution in [0.2, 0.25) is 0 Å². The van der Waals surface area contributed by atoms with Gasteiger partial charge in [-0.15, -0.1) is 0 Å². The van der Waals surface area contributed by atoms with E-state index in [9.17, 15) is 4.39 Å². The molecular formula is C18H30FNO. The monoisotopic (exact) mass is 295 g/mol. The molecule has 0 bridgehead atoms. The highest BCUT2D eigenvalue weighted by Crippen LogP contribution is 2.32. The molecule has 0 radical (unpaired) electrons. The van der Waals surface area contributed by atoms with E-state index >= 15 is 0 Å². The van der Waals surface area contributed by atoms with E-state index in [1.165, 1.54) is 24.8 Å². The van der Waals surface area contributed by atoms with E-state index in [0.29, 0.717) is 6.42 Å². The molecular weight excluding hydrogens is 265 g/mol. The standard InChI is InChI=1S/C18H30FNO/c1-3-21-15(2)16-5-7-17(8-6-16)18-9-13-20(14-10-18)12-4-11-19/h5,7,15,18H,3-4,6,8-14H2,1-2H3. The number of likely N-dealkylation sites (tertiary alicyclic amines) is 1. The summed E-state index contributed by atoms with van der Waals surface area (Å²) in [6.07, 6.45) is 10.4. The van der Waals surface area contributed by atoms with Crippen LogP contribution in [0.3, 0.4) is 0 Å². The molecule has 0 spiro atoms. The molecule has 3 heteroatoms. The summed E-state index contributed by atoms with van der Waals surface area (Å²) < 4.78 is 17.9. The van der Waals surface area contributed by atoms with Crippen LogP contribution in [-0.2, 0) is 4.74 Å². The van der Waals surface area contributed by atoms with Gasteiger partial charge in [-0.3, -0.25) is 4.39 Å². The predicted molar refractivity (Wildman–Crippen MR) is 86.2 cm³/mol. The molecule has 0 aromatic carbocycles. The largest absolute Gasteiger partial charge is 0.374 e. The summed E-state index contributed by atoms with van der Waals surface area (Å²) in [5, 5.41) is 0. The van der Waals surface area contributed by atoms with Gasteiger partial charge in [0.15, 0.2) is 0 Å². The van der Waals surface area contributed by atoms with E-state index in [0.717, 1.165) is 38.6 Å². The molecule has 0 amide bonds. The second-order valence-corrected chi connectivity index (χ2v) is 6.24. The van der Waals surface area contributed by atoms with Crippen molar-refractivity contribution in [3.8, 4) is 0 Å². The maximum absolute atomic E-state index is 12.2. The van der Waals surface area contributed by atoms with Gasteiger partial charge in [-0.05, 0) is 70.5 Å². The van der Waals surface area contributed by atoms with Gasteiger partial charge in [-0.2, -0.15) is 0 Å². The summed E-state index contributed by atoms with van der Waals surface area (Å²) >= 11 is 0. The van der Waals surface area contributed by atoms with Crippen molar-refractivity contribution in [2.75, 3.05) is 32.9 Å². The Hall–Kier alpha value is -0.670. The maximum atomic E-state index is 12.2. The van der Waals surface area contributed by atoms with Gasteiger partial charge in [0.05, 0.1) is 12.8 Å². The molecule has 0 N–H and O–H groups in total. The zero-order chi connectivity index (χ0) is 15.1. The molecule has 120 valence electrons. The molecule has 1 aliphatic carbocycles. The third-order valence-electron chi connectivity index (χ3n) is 4.87. The van der Waals surface area contributed by atoms with Gasteiger partial charge in [0.2, 0.25) is 0 Å². The van der Waals surface area contributed by atoms with Crippen molar-refractivity contribution in [3.05, 3.63) is 23.3 Å². The van der Waals surface area contributed by atoms with Crippen molar-refractivity contribution < 1.29 is 9.13 Å². The average molecular weight is 295 g/mol. The van der Waals surface area contributed by atoms with Gasteiger partial charge in [0.25, 0.3) is 0 Å². The van der Waals surface area contributed by atoms with Crippen LogP contribution in [0, 0.1) is 5.92 Å². The summed E-state index contributed by atoms with van der Waals surface area (Å²) in [6, 6.07) is 0. The summed E-state index contributed by atoms with van der Waals surface area (Å²) in [6.45, 7) is 8.00. The van der Waals surface area contributed by atoms with Gasteiger partial charge in [-0.1, -0.05) is 17.7 Å². The maximum Gasteiger partial charge on any atom is 0.0906 e.